The Morgan fingerprint density at radius 3 is 2.43 bits per heavy atom. The number of aromatic nitrogens is 4. The average Bonchev–Trinajstić information content (AvgIpc) is 2.99. The summed E-state index contributed by atoms with van der Waals surface area (Å²) in [6.45, 7) is 4.06. The largest absolute Gasteiger partial charge is 0.351 e. The number of nitrogens with one attached hydrogen (secondary N) is 3. The molecule has 1 saturated carbocycles. The van der Waals surface area contributed by atoms with Crippen molar-refractivity contribution in [3.05, 3.63) is 76.5 Å². The molecule has 44 heavy (non-hydrogen) atoms. The second-order valence-electron chi connectivity index (χ2n) is 11.4. The molecule has 0 radical (unpaired) electrons. The lowest BCUT2D eigenvalue weighted by Gasteiger charge is -2.29. The number of nitrogens with zero attached hydrogens (tertiary/aromatic N) is 4. The molecular weight excluding hydrogens is 588 g/mol. The fourth-order valence-corrected chi connectivity index (χ4v) is 6.68. The van der Waals surface area contributed by atoms with E-state index in [1.165, 1.54) is 16.7 Å². The van der Waals surface area contributed by atoms with E-state index in [9.17, 15) is 17.6 Å². The molecule has 2 heterocycles. The predicted molar refractivity (Wildman–Crippen MR) is 168 cm³/mol. The van der Waals surface area contributed by atoms with Gasteiger partial charge in [-0.05, 0) is 70.2 Å². The molecule has 0 spiro atoms. The van der Waals surface area contributed by atoms with Gasteiger partial charge in [-0.3, -0.25) is 18.5 Å². The topological polar surface area (TPSA) is 131 Å². The lowest BCUT2D eigenvalue weighted by atomic mass is 9.91. The van der Waals surface area contributed by atoms with Crippen LogP contribution in [-0.4, -0.2) is 53.2 Å². The van der Waals surface area contributed by atoms with Gasteiger partial charge in [0, 0.05) is 23.7 Å². The summed E-state index contributed by atoms with van der Waals surface area (Å²) in [5, 5.41) is 6.78. The zero-order valence-corrected chi connectivity index (χ0v) is 25.6. The van der Waals surface area contributed by atoms with Gasteiger partial charge in [0.05, 0.1) is 24.3 Å². The minimum Gasteiger partial charge on any atom is -0.351 e. The predicted octanol–water partition coefficient (Wildman–Crippen LogP) is 5.19. The van der Waals surface area contributed by atoms with Gasteiger partial charge in [0.2, 0.25) is 16.0 Å². The second kappa shape index (κ2) is 13.8. The number of hydrogen-bond acceptors (Lipinski definition) is 8. The van der Waals surface area contributed by atoms with Crippen LogP contribution in [-0.2, 0) is 15.8 Å². The molecule has 1 aliphatic carbocycles. The van der Waals surface area contributed by atoms with Crippen LogP contribution in [0.25, 0.3) is 22.4 Å². The van der Waals surface area contributed by atoms with Gasteiger partial charge in [0.25, 0.3) is 5.56 Å². The molecule has 4 aromatic rings. The Morgan fingerprint density at radius 2 is 1.75 bits per heavy atom. The fourth-order valence-electron chi connectivity index (χ4n) is 5.48. The summed E-state index contributed by atoms with van der Waals surface area (Å²) >= 11 is 0. The van der Waals surface area contributed by atoms with Crippen molar-refractivity contribution in [3.63, 3.8) is 0 Å². The summed E-state index contributed by atoms with van der Waals surface area (Å²) < 4.78 is 56.6. The highest BCUT2D eigenvalue weighted by atomic mass is 32.2. The van der Waals surface area contributed by atoms with Gasteiger partial charge >= 0.3 is 0 Å². The molecule has 0 amide bonds. The molecule has 13 heteroatoms. The zero-order valence-electron chi connectivity index (χ0n) is 24.8. The number of benzene rings is 2. The van der Waals surface area contributed by atoms with E-state index in [2.05, 4.69) is 30.3 Å². The number of rotatable bonds is 12. The molecule has 0 bridgehead atoms. The highest BCUT2D eigenvalue weighted by Crippen LogP contribution is 2.26. The van der Waals surface area contributed by atoms with Crippen LogP contribution in [0.4, 0.5) is 20.4 Å². The van der Waals surface area contributed by atoms with E-state index < -0.39 is 21.4 Å². The van der Waals surface area contributed by atoms with Gasteiger partial charge in [-0.1, -0.05) is 36.4 Å². The van der Waals surface area contributed by atoms with Crippen molar-refractivity contribution >= 4 is 32.8 Å². The van der Waals surface area contributed by atoms with Crippen LogP contribution in [0, 0.1) is 5.82 Å². The second-order valence-corrected chi connectivity index (χ2v) is 13.1. The van der Waals surface area contributed by atoms with Crippen molar-refractivity contribution in [2.45, 2.75) is 69.8 Å². The van der Waals surface area contributed by atoms with E-state index in [1.54, 1.807) is 36.5 Å². The van der Waals surface area contributed by atoms with Crippen LogP contribution >= 0.6 is 0 Å². The zero-order chi connectivity index (χ0) is 31.3. The molecule has 0 saturated heterocycles. The van der Waals surface area contributed by atoms with Gasteiger partial charge in [0.15, 0.2) is 5.65 Å². The quantitative estimate of drug-likeness (QED) is 0.184. The van der Waals surface area contributed by atoms with E-state index in [-0.39, 0.29) is 41.5 Å². The number of hydrogen-bond donors (Lipinski definition) is 3. The first-order valence-corrected chi connectivity index (χ1v) is 16.5. The number of alkyl halides is 1. The van der Waals surface area contributed by atoms with E-state index in [0.29, 0.717) is 41.7 Å². The fraction of sp³-hybridized carbons (Fsp3) is 0.419. The minimum atomic E-state index is -3.87. The van der Waals surface area contributed by atoms with E-state index in [0.717, 1.165) is 31.7 Å². The monoisotopic (exact) mass is 625 g/mol. The third-order valence-electron chi connectivity index (χ3n) is 7.66. The Hall–Kier alpha value is -3.97. The number of halogens is 2. The lowest BCUT2D eigenvalue weighted by Crippen LogP contribution is -2.37. The maximum absolute atomic E-state index is 15.2. The first-order chi connectivity index (χ1) is 21.1. The molecule has 0 aliphatic heterocycles. The summed E-state index contributed by atoms with van der Waals surface area (Å²) in [7, 11) is -3.87. The normalized spacial score (nSPS) is 17.2. The smallest absolute Gasteiger partial charge is 0.278 e. The molecule has 3 N–H and O–H groups in total. The van der Waals surface area contributed by atoms with Crippen molar-refractivity contribution in [2.24, 2.45) is 0 Å². The molecule has 234 valence electrons. The SMILES string of the molecule is CC(C)n1c(=O)c(-c2ccc(NS(=O)(=O)Cc3ccccc3)c(F)c2)nc2cnc(NC3CCC(NCCCF)CC3)nc21. The highest BCUT2D eigenvalue weighted by Gasteiger charge is 2.23. The first kappa shape index (κ1) is 31.5. The van der Waals surface area contributed by atoms with E-state index in [1.807, 2.05) is 13.8 Å². The number of fused-ring (bicyclic) bond motifs is 1. The highest BCUT2D eigenvalue weighted by molar-refractivity contribution is 7.91. The number of sulfonamides is 1. The summed E-state index contributed by atoms with van der Waals surface area (Å²) in [5.41, 5.74) is 0.831. The van der Waals surface area contributed by atoms with E-state index >= 15 is 4.39 Å². The van der Waals surface area contributed by atoms with Crippen molar-refractivity contribution in [1.82, 2.24) is 24.8 Å². The van der Waals surface area contributed by atoms with Crippen molar-refractivity contribution in [3.8, 4) is 11.3 Å². The van der Waals surface area contributed by atoms with E-state index in [4.69, 9.17) is 0 Å². The average molecular weight is 626 g/mol. The molecular formula is C31H37F2N7O3S. The molecule has 10 nitrogen and oxygen atoms in total. The molecule has 5 rings (SSSR count). The molecule has 2 aromatic heterocycles. The maximum atomic E-state index is 15.2. The summed E-state index contributed by atoms with van der Waals surface area (Å²) in [5.74, 6) is -0.746. The third kappa shape index (κ3) is 7.56. The van der Waals surface area contributed by atoms with Crippen LogP contribution in [0.15, 0.2) is 59.5 Å². The standard InChI is InChI=1S/C31H37F2N7O3S/c1-20(2)40-29-27(18-35-31(38-29)36-24-12-10-23(11-13-24)34-16-6-15-32)37-28(30(40)41)22-9-14-26(25(33)17-22)39-44(42,43)19-21-7-4-3-5-8-21/h3-5,7-9,14,17-18,20,23-24,34,39H,6,10-13,15-16,19H2,1-2H3,(H,35,36,38). The molecule has 1 fully saturated rings. The van der Waals surface area contributed by atoms with Gasteiger partial charge in [-0.15, -0.1) is 0 Å². The Balaban J connectivity index is 1.36. The number of anilines is 2. The van der Waals surface area contributed by atoms with Crippen molar-refractivity contribution < 1.29 is 17.2 Å². The molecule has 0 unspecified atom stereocenters. The molecule has 0 atom stereocenters. The van der Waals surface area contributed by atoms with Crippen LogP contribution < -0.4 is 20.9 Å². The van der Waals surface area contributed by atoms with Crippen LogP contribution in [0.5, 0.6) is 0 Å². The molecule has 2 aromatic carbocycles. The van der Waals surface area contributed by atoms with Gasteiger partial charge in [-0.25, -0.2) is 22.8 Å². The summed E-state index contributed by atoms with van der Waals surface area (Å²) in [6.07, 6.45) is 5.80. The van der Waals surface area contributed by atoms with Gasteiger partial charge in [0.1, 0.15) is 17.0 Å². The van der Waals surface area contributed by atoms with Crippen molar-refractivity contribution in [2.75, 3.05) is 23.3 Å². The summed E-state index contributed by atoms with van der Waals surface area (Å²) in [4.78, 5) is 27.2. The van der Waals surface area contributed by atoms with Crippen LogP contribution in [0.3, 0.4) is 0 Å². The van der Waals surface area contributed by atoms with Gasteiger partial charge in [-0.2, -0.15) is 4.98 Å². The Morgan fingerprint density at radius 1 is 1.02 bits per heavy atom. The van der Waals surface area contributed by atoms with Crippen molar-refractivity contribution in [1.29, 1.82) is 0 Å². The Kier molecular flexibility index (Phi) is 9.84. The van der Waals surface area contributed by atoms with Gasteiger partial charge < -0.3 is 10.6 Å². The third-order valence-corrected chi connectivity index (χ3v) is 8.90. The lowest BCUT2D eigenvalue weighted by molar-refractivity contribution is 0.344. The minimum absolute atomic E-state index is 0.00619. The first-order valence-electron chi connectivity index (χ1n) is 14.8. The summed E-state index contributed by atoms with van der Waals surface area (Å²) in [6, 6.07) is 12.7. The Bertz CT molecular complexity index is 1760. The maximum Gasteiger partial charge on any atom is 0.278 e. The molecule has 1 aliphatic rings. The van der Waals surface area contributed by atoms with Crippen LogP contribution in [0.1, 0.15) is 57.6 Å². The van der Waals surface area contributed by atoms with Crippen LogP contribution in [0.2, 0.25) is 0 Å². The Labute approximate surface area is 255 Å².